The van der Waals surface area contributed by atoms with Gasteiger partial charge in [0, 0.05) is 12.1 Å². The van der Waals surface area contributed by atoms with Crippen molar-refractivity contribution < 1.29 is 9.53 Å². The van der Waals surface area contributed by atoms with Crippen LogP contribution in [0.5, 0.6) is 0 Å². The van der Waals surface area contributed by atoms with Crippen molar-refractivity contribution in [2.24, 2.45) is 0 Å². The highest BCUT2D eigenvalue weighted by Gasteiger charge is 2.04. The van der Waals surface area contributed by atoms with Crippen molar-refractivity contribution in [3.05, 3.63) is 23.2 Å². The summed E-state index contributed by atoms with van der Waals surface area (Å²) in [6, 6.07) is 4.87. The Hall–Kier alpha value is -1.26. The molecule has 0 saturated carbocycles. The number of nitrogens with one attached hydrogen (secondary N) is 1. The lowest BCUT2D eigenvalue weighted by Gasteiger charge is -2.07. The van der Waals surface area contributed by atoms with Gasteiger partial charge in [-0.25, -0.2) is 0 Å². The highest BCUT2D eigenvalue weighted by molar-refractivity contribution is 6.31. The molecule has 0 heterocycles. The number of benzene rings is 1. The Bertz CT molecular complexity index is 342. The van der Waals surface area contributed by atoms with E-state index in [0.29, 0.717) is 16.4 Å². The molecular formula is C9H11ClN2O2. The molecule has 5 heteroatoms. The van der Waals surface area contributed by atoms with E-state index in [9.17, 15) is 4.79 Å². The number of anilines is 2. The van der Waals surface area contributed by atoms with Gasteiger partial charge in [0.05, 0.1) is 11.4 Å². The minimum Gasteiger partial charge on any atom is -0.397 e. The minimum absolute atomic E-state index is 0.00798. The second-order valence-electron chi connectivity index (χ2n) is 2.71. The van der Waals surface area contributed by atoms with Crippen molar-refractivity contribution in [1.82, 2.24) is 0 Å². The summed E-state index contributed by atoms with van der Waals surface area (Å²) in [6.45, 7) is -0.00798. The van der Waals surface area contributed by atoms with Crippen molar-refractivity contribution in [3.8, 4) is 0 Å². The molecule has 0 aliphatic carbocycles. The number of hydrogen-bond donors (Lipinski definition) is 2. The maximum Gasteiger partial charge on any atom is 0.250 e. The summed E-state index contributed by atoms with van der Waals surface area (Å²) in [4.78, 5) is 11.1. The molecule has 14 heavy (non-hydrogen) atoms. The number of methoxy groups -OCH3 is 1. The SMILES string of the molecule is COCC(=O)Nc1cc(Cl)ccc1N. The summed E-state index contributed by atoms with van der Waals surface area (Å²) in [5, 5.41) is 3.10. The fourth-order valence-electron chi connectivity index (χ4n) is 0.954. The predicted molar refractivity (Wildman–Crippen MR) is 56.4 cm³/mol. The summed E-state index contributed by atoms with van der Waals surface area (Å²) in [5.74, 6) is -0.263. The lowest BCUT2D eigenvalue weighted by molar-refractivity contribution is -0.119. The molecule has 4 nitrogen and oxygen atoms in total. The Morgan fingerprint density at radius 1 is 1.64 bits per heavy atom. The van der Waals surface area contributed by atoms with Gasteiger partial charge in [-0.05, 0) is 18.2 Å². The number of hydrogen-bond acceptors (Lipinski definition) is 3. The van der Waals surface area contributed by atoms with Crippen LogP contribution in [0.2, 0.25) is 5.02 Å². The number of carbonyl (C=O) groups excluding carboxylic acids is 1. The number of rotatable bonds is 3. The van der Waals surface area contributed by atoms with Crippen LogP contribution in [0, 0.1) is 0 Å². The van der Waals surface area contributed by atoms with E-state index in [1.54, 1.807) is 18.2 Å². The van der Waals surface area contributed by atoms with Gasteiger partial charge in [0.2, 0.25) is 5.91 Å². The molecule has 0 aliphatic rings. The van der Waals surface area contributed by atoms with Crippen molar-refractivity contribution in [2.45, 2.75) is 0 Å². The molecule has 0 aliphatic heterocycles. The van der Waals surface area contributed by atoms with Crippen LogP contribution in [0.4, 0.5) is 11.4 Å². The average Bonchev–Trinajstić information content (AvgIpc) is 2.12. The van der Waals surface area contributed by atoms with Crippen molar-refractivity contribution in [3.63, 3.8) is 0 Å². The number of carbonyl (C=O) groups is 1. The number of amides is 1. The molecule has 0 saturated heterocycles. The molecule has 0 bridgehead atoms. The smallest absolute Gasteiger partial charge is 0.250 e. The van der Waals surface area contributed by atoms with Gasteiger partial charge < -0.3 is 15.8 Å². The highest BCUT2D eigenvalue weighted by atomic mass is 35.5. The third-order valence-corrected chi connectivity index (χ3v) is 1.80. The molecule has 3 N–H and O–H groups in total. The quantitative estimate of drug-likeness (QED) is 0.750. The lowest BCUT2D eigenvalue weighted by atomic mass is 10.2. The molecule has 0 atom stereocenters. The summed E-state index contributed by atoms with van der Waals surface area (Å²) >= 11 is 5.74. The van der Waals surface area contributed by atoms with E-state index in [4.69, 9.17) is 17.3 Å². The normalized spacial score (nSPS) is 9.86. The molecule has 1 amide bonds. The first-order valence-electron chi connectivity index (χ1n) is 3.97. The molecule has 0 unspecified atom stereocenters. The first-order valence-corrected chi connectivity index (χ1v) is 4.35. The van der Waals surface area contributed by atoms with E-state index >= 15 is 0 Å². The summed E-state index contributed by atoms with van der Waals surface area (Å²) in [5.41, 5.74) is 6.59. The second kappa shape index (κ2) is 4.83. The van der Waals surface area contributed by atoms with Gasteiger partial charge in [-0.1, -0.05) is 11.6 Å². The maximum absolute atomic E-state index is 11.1. The standard InChI is InChI=1S/C9H11ClN2O2/c1-14-5-9(13)12-8-4-6(10)2-3-7(8)11/h2-4H,5,11H2,1H3,(H,12,13). The van der Waals surface area contributed by atoms with Gasteiger partial charge in [-0.15, -0.1) is 0 Å². The Labute approximate surface area is 87.0 Å². The Balaban J connectivity index is 2.75. The van der Waals surface area contributed by atoms with Crippen LogP contribution in [0.15, 0.2) is 18.2 Å². The summed E-state index contributed by atoms with van der Waals surface area (Å²) < 4.78 is 4.66. The number of ether oxygens (including phenoxy) is 1. The van der Waals surface area contributed by atoms with Gasteiger partial charge in [-0.2, -0.15) is 0 Å². The summed E-state index contributed by atoms with van der Waals surface area (Å²) in [6.07, 6.45) is 0. The number of nitrogen functional groups attached to an aromatic ring is 1. The first-order chi connectivity index (χ1) is 6.63. The largest absolute Gasteiger partial charge is 0.397 e. The van der Waals surface area contributed by atoms with Crippen LogP contribution in [-0.2, 0) is 9.53 Å². The van der Waals surface area contributed by atoms with Crippen LogP contribution in [0.1, 0.15) is 0 Å². The Kier molecular flexibility index (Phi) is 3.73. The van der Waals surface area contributed by atoms with Crippen LogP contribution in [-0.4, -0.2) is 19.6 Å². The van der Waals surface area contributed by atoms with Crippen LogP contribution in [0.25, 0.3) is 0 Å². The molecule has 1 aromatic carbocycles. The van der Waals surface area contributed by atoms with E-state index in [1.165, 1.54) is 7.11 Å². The average molecular weight is 215 g/mol. The topological polar surface area (TPSA) is 64.3 Å². The number of nitrogens with two attached hydrogens (primary N) is 1. The minimum atomic E-state index is -0.263. The van der Waals surface area contributed by atoms with Gasteiger partial charge in [-0.3, -0.25) is 4.79 Å². The molecule has 1 rings (SSSR count). The van der Waals surface area contributed by atoms with Crippen LogP contribution >= 0.6 is 11.6 Å². The Morgan fingerprint density at radius 2 is 2.36 bits per heavy atom. The summed E-state index contributed by atoms with van der Waals surface area (Å²) in [7, 11) is 1.45. The zero-order valence-corrected chi connectivity index (χ0v) is 8.47. The van der Waals surface area contributed by atoms with E-state index in [2.05, 4.69) is 10.1 Å². The van der Waals surface area contributed by atoms with Gasteiger partial charge >= 0.3 is 0 Å². The Morgan fingerprint density at radius 3 is 3.00 bits per heavy atom. The fraction of sp³-hybridized carbons (Fsp3) is 0.222. The van der Waals surface area contributed by atoms with Crippen molar-refractivity contribution in [2.75, 3.05) is 24.8 Å². The highest BCUT2D eigenvalue weighted by Crippen LogP contribution is 2.22. The van der Waals surface area contributed by atoms with Crippen LogP contribution < -0.4 is 11.1 Å². The maximum atomic E-state index is 11.1. The van der Waals surface area contributed by atoms with Crippen LogP contribution in [0.3, 0.4) is 0 Å². The second-order valence-corrected chi connectivity index (χ2v) is 3.15. The zero-order valence-electron chi connectivity index (χ0n) is 7.71. The third-order valence-electron chi connectivity index (χ3n) is 1.56. The monoisotopic (exact) mass is 214 g/mol. The fourth-order valence-corrected chi connectivity index (χ4v) is 1.13. The van der Waals surface area contributed by atoms with Gasteiger partial charge in [0.1, 0.15) is 6.61 Å². The number of halogens is 1. The molecule has 0 spiro atoms. The molecule has 76 valence electrons. The molecule has 0 radical (unpaired) electrons. The van der Waals surface area contributed by atoms with Gasteiger partial charge in [0.25, 0.3) is 0 Å². The third kappa shape index (κ3) is 2.90. The molecule has 0 fully saturated rings. The first kappa shape index (κ1) is 10.8. The van der Waals surface area contributed by atoms with E-state index in [0.717, 1.165) is 0 Å². The van der Waals surface area contributed by atoms with Crippen molar-refractivity contribution in [1.29, 1.82) is 0 Å². The lowest BCUT2D eigenvalue weighted by Crippen LogP contribution is -2.17. The molecule has 0 aromatic heterocycles. The van der Waals surface area contributed by atoms with Crippen molar-refractivity contribution >= 4 is 28.9 Å². The van der Waals surface area contributed by atoms with E-state index < -0.39 is 0 Å². The zero-order chi connectivity index (χ0) is 10.6. The molecular weight excluding hydrogens is 204 g/mol. The predicted octanol–water partition coefficient (Wildman–Crippen LogP) is 1.51. The van der Waals surface area contributed by atoms with Gasteiger partial charge in [0.15, 0.2) is 0 Å². The molecule has 1 aromatic rings. The van der Waals surface area contributed by atoms with E-state index in [1.807, 2.05) is 0 Å². The van der Waals surface area contributed by atoms with E-state index in [-0.39, 0.29) is 12.5 Å².